The molecule has 6 heteroatoms. The average Bonchev–Trinajstić information content (AvgIpc) is 3.17. The monoisotopic (exact) mass is 397 g/mol. The summed E-state index contributed by atoms with van der Waals surface area (Å²) in [5.41, 5.74) is 1.67. The standard InChI is InChI=1S/C23H15N3O2S/c27-21-17-11-5-4-10-16(17)18(22(28)26(21)15-8-2-1-3-9-15)14-24-23-25-19-12-6-7-13-20(19)29-23/h1-14,28H/b24-14+. The van der Waals surface area contributed by atoms with Crippen molar-refractivity contribution >= 4 is 43.7 Å². The molecule has 5 rings (SSSR count). The SMILES string of the molecule is O=c1c2ccccc2c(/C=N/c2nc3ccccc3s2)c(O)n1-c1ccccc1. The zero-order valence-electron chi connectivity index (χ0n) is 15.2. The number of hydrogen-bond acceptors (Lipinski definition) is 5. The third kappa shape index (κ3) is 2.99. The molecule has 1 N–H and O–H groups in total. The molecular formula is C23H15N3O2S. The van der Waals surface area contributed by atoms with Crippen LogP contribution in [0.2, 0.25) is 0 Å². The van der Waals surface area contributed by atoms with Gasteiger partial charge in [0.15, 0.2) is 0 Å². The first-order valence-corrected chi connectivity index (χ1v) is 9.86. The molecule has 0 aliphatic carbocycles. The maximum atomic E-state index is 13.0. The van der Waals surface area contributed by atoms with Crippen molar-refractivity contribution in [1.82, 2.24) is 9.55 Å². The van der Waals surface area contributed by atoms with Gasteiger partial charge in [0.2, 0.25) is 11.0 Å². The summed E-state index contributed by atoms with van der Waals surface area (Å²) in [7, 11) is 0. The van der Waals surface area contributed by atoms with Crippen LogP contribution in [0.1, 0.15) is 5.56 Å². The molecule has 140 valence electrons. The molecule has 0 bridgehead atoms. The van der Waals surface area contributed by atoms with Crippen LogP contribution in [-0.4, -0.2) is 20.9 Å². The quantitative estimate of drug-likeness (QED) is 0.433. The van der Waals surface area contributed by atoms with Crippen molar-refractivity contribution < 1.29 is 5.11 Å². The lowest BCUT2D eigenvalue weighted by Gasteiger charge is -2.13. The largest absolute Gasteiger partial charge is 0.494 e. The molecule has 2 heterocycles. The Hall–Kier alpha value is -3.77. The van der Waals surface area contributed by atoms with Crippen molar-refractivity contribution in [3.63, 3.8) is 0 Å². The summed E-state index contributed by atoms with van der Waals surface area (Å²) in [5.74, 6) is -0.148. The van der Waals surface area contributed by atoms with Crippen LogP contribution in [0, 0.1) is 0 Å². The van der Waals surface area contributed by atoms with Gasteiger partial charge in [-0.25, -0.2) is 14.5 Å². The van der Waals surface area contributed by atoms with E-state index in [9.17, 15) is 9.90 Å². The summed E-state index contributed by atoms with van der Waals surface area (Å²) < 4.78 is 2.35. The smallest absolute Gasteiger partial charge is 0.265 e. The minimum atomic E-state index is -0.276. The molecule has 2 aromatic heterocycles. The van der Waals surface area contributed by atoms with Crippen molar-refractivity contribution in [2.24, 2.45) is 4.99 Å². The van der Waals surface area contributed by atoms with Crippen LogP contribution in [0.5, 0.6) is 5.88 Å². The fourth-order valence-corrected chi connectivity index (χ4v) is 4.15. The van der Waals surface area contributed by atoms with Crippen LogP contribution in [-0.2, 0) is 0 Å². The highest BCUT2D eigenvalue weighted by Gasteiger charge is 2.16. The molecule has 0 aliphatic rings. The first kappa shape index (κ1) is 17.3. The molecule has 3 aromatic carbocycles. The van der Waals surface area contributed by atoms with Gasteiger partial charge in [-0.15, -0.1) is 0 Å². The number of aromatic hydroxyl groups is 1. The Morgan fingerprint density at radius 1 is 0.897 bits per heavy atom. The molecule has 0 saturated carbocycles. The Bertz CT molecular complexity index is 1400. The van der Waals surface area contributed by atoms with E-state index < -0.39 is 0 Å². The first-order valence-electron chi connectivity index (χ1n) is 9.04. The fraction of sp³-hybridized carbons (Fsp3) is 0. The average molecular weight is 397 g/mol. The fourth-order valence-electron chi connectivity index (χ4n) is 3.34. The maximum Gasteiger partial charge on any atom is 0.265 e. The van der Waals surface area contributed by atoms with E-state index in [4.69, 9.17) is 0 Å². The molecule has 0 spiro atoms. The van der Waals surface area contributed by atoms with Crippen molar-refractivity contribution in [1.29, 1.82) is 0 Å². The van der Waals surface area contributed by atoms with E-state index in [1.54, 1.807) is 24.4 Å². The third-order valence-corrected chi connectivity index (χ3v) is 5.65. The highest BCUT2D eigenvalue weighted by molar-refractivity contribution is 7.22. The predicted molar refractivity (Wildman–Crippen MR) is 118 cm³/mol. The third-order valence-electron chi connectivity index (χ3n) is 4.70. The second kappa shape index (κ2) is 7.00. The van der Waals surface area contributed by atoms with Gasteiger partial charge in [0.1, 0.15) is 0 Å². The van der Waals surface area contributed by atoms with E-state index >= 15 is 0 Å². The highest BCUT2D eigenvalue weighted by atomic mass is 32.1. The number of fused-ring (bicyclic) bond motifs is 2. The van der Waals surface area contributed by atoms with E-state index in [1.165, 1.54) is 15.9 Å². The molecule has 0 amide bonds. The van der Waals surface area contributed by atoms with Crippen LogP contribution >= 0.6 is 11.3 Å². The number of para-hydroxylation sites is 2. The van der Waals surface area contributed by atoms with Gasteiger partial charge in [0, 0.05) is 17.0 Å². The van der Waals surface area contributed by atoms with E-state index in [0.29, 0.717) is 27.2 Å². The second-order valence-corrected chi connectivity index (χ2v) is 7.49. The Balaban J connectivity index is 1.73. The van der Waals surface area contributed by atoms with Crippen LogP contribution in [0.15, 0.2) is 88.6 Å². The number of rotatable bonds is 3. The second-order valence-electron chi connectivity index (χ2n) is 6.48. The maximum absolute atomic E-state index is 13.0. The van der Waals surface area contributed by atoms with Crippen molar-refractivity contribution in [3.05, 3.63) is 94.8 Å². The molecule has 0 unspecified atom stereocenters. The number of benzene rings is 3. The van der Waals surface area contributed by atoms with Gasteiger partial charge in [-0.05, 0) is 30.3 Å². The Labute approximate surface area is 169 Å². The Kier molecular flexibility index (Phi) is 4.18. The predicted octanol–water partition coefficient (Wildman–Crippen LogP) is 5.06. The molecule has 0 radical (unpaired) electrons. The lowest BCUT2D eigenvalue weighted by Crippen LogP contribution is -2.20. The van der Waals surface area contributed by atoms with Crippen LogP contribution in [0.25, 0.3) is 26.7 Å². The van der Waals surface area contributed by atoms with Gasteiger partial charge >= 0.3 is 0 Å². The number of pyridine rings is 1. The molecule has 5 nitrogen and oxygen atoms in total. The lowest BCUT2D eigenvalue weighted by atomic mass is 10.1. The molecule has 0 aliphatic heterocycles. The summed E-state index contributed by atoms with van der Waals surface area (Å²) in [4.78, 5) is 22.0. The minimum absolute atomic E-state index is 0.148. The highest BCUT2D eigenvalue weighted by Crippen LogP contribution is 2.30. The van der Waals surface area contributed by atoms with Crippen molar-refractivity contribution in [3.8, 4) is 11.6 Å². The van der Waals surface area contributed by atoms with Gasteiger partial charge in [-0.2, -0.15) is 0 Å². The molecule has 29 heavy (non-hydrogen) atoms. The molecule has 0 saturated heterocycles. The molecule has 0 atom stereocenters. The number of aliphatic imine (C=N–C) groups is 1. The zero-order valence-corrected chi connectivity index (χ0v) is 16.0. The minimum Gasteiger partial charge on any atom is -0.494 e. The summed E-state index contributed by atoms with van der Waals surface area (Å²) >= 11 is 1.47. The van der Waals surface area contributed by atoms with Crippen LogP contribution in [0.3, 0.4) is 0 Å². The lowest BCUT2D eigenvalue weighted by molar-refractivity contribution is 0.436. The number of nitrogens with zero attached hydrogens (tertiary/aromatic N) is 3. The van der Waals surface area contributed by atoms with Crippen molar-refractivity contribution in [2.45, 2.75) is 0 Å². The topological polar surface area (TPSA) is 67.5 Å². The first-order chi connectivity index (χ1) is 14.2. The number of aromatic nitrogens is 2. The Morgan fingerprint density at radius 2 is 1.59 bits per heavy atom. The Morgan fingerprint density at radius 3 is 2.38 bits per heavy atom. The van der Waals surface area contributed by atoms with E-state index in [0.717, 1.165) is 10.2 Å². The molecule has 0 fully saturated rings. The number of hydrogen-bond donors (Lipinski definition) is 1. The number of thiazole rings is 1. The molecule has 5 aromatic rings. The molecular weight excluding hydrogens is 382 g/mol. The normalized spacial score (nSPS) is 11.6. The summed E-state index contributed by atoms with van der Waals surface area (Å²) in [6, 6.07) is 24.1. The van der Waals surface area contributed by atoms with Crippen LogP contribution in [0.4, 0.5) is 5.13 Å². The summed E-state index contributed by atoms with van der Waals surface area (Å²) in [6.45, 7) is 0. The van der Waals surface area contributed by atoms with E-state index in [1.807, 2.05) is 60.7 Å². The summed E-state index contributed by atoms with van der Waals surface area (Å²) in [6.07, 6.45) is 1.58. The zero-order chi connectivity index (χ0) is 19.8. The van der Waals surface area contributed by atoms with Gasteiger partial charge in [-0.3, -0.25) is 4.79 Å². The van der Waals surface area contributed by atoms with Gasteiger partial charge in [0.25, 0.3) is 5.56 Å². The van der Waals surface area contributed by atoms with E-state index in [2.05, 4.69) is 9.98 Å². The van der Waals surface area contributed by atoms with Gasteiger partial charge in [0.05, 0.1) is 21.5 Å². The van der Waals surface area contributed by atoms with Gasteiger partial charge in [-0.1, -0.05) is 59.9 Å². The van der Waals surface area contributed by atoms with E-state index in [-0.39, 0.29) is 11.4 Å². The summed E-state index contributed by atoms with van der Waals surface area (Å²) in [5, 5.41) is 12.7. The van der Waals surface area contributed by atoms with Crippen molar-refractivity contribution in [2.75, 3.05) is 0 Å². The van der Waals surface area contributed by atoms with Crippen LogP contribution < -0.4 is 5.56 Å². The van der Waals surface area contributed by atoms with Gasteiger partial charge < -0.3 is 5.11 Å².